The molecular weight excluding hydrogens is 341 g/mol. The molecule has 130 valence electrons. The minimum atomic E-state index is -4.57. The fourth-order valence-corrected chi connectivity index (χ4v) is 1.95. The van der Waals surface area contributed by atoms with Crippen molar-refractivity contribution in [1.82, 2.24) is 34.7 Å². The molecule has 0 spiro atoms. The molecule has 9 nitrogen and oxygen atoms in total. The molecule has 0 fully saturated rings. The maximum Gasteiger partial charge on any atom is 0.433 e. The van der Waals surface area contributed by atoms with Gasteiger partial charge in [0.25, 0.3) is 0 Å². The number of aromatic nitrogens is 7. The van der Waals surface area contributed by atoms with E-state index < -0.39 is 17.8 Å². The maximum absolute atomic E-state index is 12.7. The Morgan fingerprint density at radius 1 is 1.28 bits per heavy atom. The van der Waals surface area contributed by atoms with Crippen molar-refractivity contribution in [3.8, 4) is 11.4 Å². The van der Waals surface area contributed by atoms with Crippen LogP contribution in [0.25, 0.3) is 11.4 Å². The number of carbonyl (C=O) groups excluding carboxylic acids is 1. The lowest BCUT2D eigenvalue weighted by molar-refractivity contribution is -0.141. The molecule has 1 N–H and O–H groups in total. The average Bonchev–Trinajstić information content (AvgIpc) is 3.16. The summed E-state index contributed by atoms with van der Waals surface area (Å²) in [6, 6.07) is 0.780. The Kier molecular flexibility index (Phi) is 4.17. The van der Waals surface area contributed by atoms with Crippen LogP contribution in [-0.2, 0) is 24.6 Å². The third kappa shape index (κ3) is 3.97. The first-order valence-electron chi connectivity index (χ1n) is 6.90. The Morgan fingerprint density at radius 2 is 2.08 bits per heavy atom. The lowest BCUT2D eigenvalue weighted by Gasteiger charge is -2.05. The molecule has 25 heavy (non-hydrogen) atoms. The first kappa shape index (κ1) is 16.5. The van der Waals surface area contributed by atoms with E-state index in [-0.39, 0.29) is 23.8 Å². The molecule has 0 saturated heterocycles. The van der Waals surface area contributed by atoms with Crippen molar-refractivity contribution in [3.63, 3.8) is 0 Å². The first-order chi connectivity index (χ1) is 11.8. The number of carbonyl (C=O) groups is 1. The third-order valence-electron chi connectivity index (χ3n) is 3.01. The zero-order valence-electron chi connectivity index (χ0n) is 12.8. The Morgan fingerprint density at radius 3 is 2.76 bits per heavy atom. The van der Waals surface area contributed by atoms with E-state index in [0.29, 0.717) is 0 Å². The van der Waals surface area contributed by atoms with Gasteiger partial charge in [-0.3, -0.25) is 9.48 Å². The molecule has 1 amide bonds. The monoisotopic (exact) mass is 352 g/mol. The van der Waals surface area contributed by atoms with E-state index in [1.165, 1.54) is 28.1 Å². The molecular formula is C13H11F3N8O. The van der Waals surface area contributed by atoms with Gasteiger partial charge in [0.2, 0.25) is 5.91 Å². The molecule has 0 saturated carbocycles. The normalized spacial score (nSPS) is 11.5. The maximum atomic E-state index is 12.7. The molecule has 0 aliphatic rings. The SMILES string of the molecule is Cn1ncc(NC(=O)Cn2cc(-c3nccc(C(F)(F)F)n3)cn2)n1. The molecule has 3 aromatic rings. The summed E-state index contributed by atoms with van der Waals surface area (Å²) in [5, 5.41) is 14.1. The van der Waals surface area contributed by atoms with Crippen LogP contribution in [0.5, 0.6) is 0 Å². The molecule has 0 aliphatic carbocycles. The van der Waals surface area contributed by atoms with E-state index in [9.17, 15) is 18.0 Å². The number of aryl methyl sites for hydroxylation is 1. The van der Waals surface area contributed by atoms with Crippen LogP contribution in [0.3, 0.4) is 0 Å². The third-order valence-corrected chi connectivity index (χ3v) is 3.01. The van der Waals surface area contributed by atoms with Crippen molar-refractivity contribution in [2.45, 2.75) is 12.7 Å². The van der Waals surface area contributed by atoms with E-state index in [1.54, 1.807) is 7.05 Å². The highest BCUT2D eigenvalue weighted by Crippen LogP contribution is 2.28. The molecule has 0 aromatic carbocycles. The quantitative estimate of drug-likeness (QED) is 0.755. The molecule has 0 atom stereocenters. The number of amides is 1. The number of rotatable bonds is 4. The van der Waals surface area contributed by atoms with Gasteiger partial charge in [0.1, 0.15) is 12.2 Å². The summed E-state index contributed by atoms with van der Waals surface area (Å²) < 4.78 is 39.3. The molecule has 0 bridgehead atoms. The van der Waals surface area contributed by atoms with Crippen LogP contribution < -0.4 is 5.32 Å². The Hall–Kier alpha value is -3.31. The minimum absolute atomic E-state index is 0.129. The summed E-state index contributed by atoms with van der Waals surface area (Å²) in [4.78, 5) is 20.4. The Balaban J connectivity index is 1.71. The van der Waals surface area contributed by atoms with Gasteiger partial charge < -0.3 is 5.32 Å². The van der Waals surface area contributed by atoms with E-state index in [1.807, 2.05) is 0 Å². The molecule has 0 unspecified atom stereocenters. The molecule has 3 aromatic heterocycles. The molecule has 12 heteroatoms. The second-order valence-corrected chi connectivity index (χ2v) is 4.96. The Bertz CT molecular complexity index is 901. The van der Waals surface area contributed by atoms with Gasteiger partial charge in [-0.15, -0.1) is 5.10 Å². The summed E-state index contributed by atoms with van der Waals surface area (Å²) in [7, 11) is 1.60. The fraction of sp³-hybridized carbons (Fsp3) is 0.231. The van der Waals surface area contributed by atoms with Gasteiger partial charge in [0.15, 0.2) is 11.6 Å². The zero-order chi connectivity index (χ0) is 18.0. The Labute approximate surface area is 138 Å². The summed E-state index contributed by atoms with van der Waals surface area (Å²) in [5.41, 5.74) is -0.788. The second kappa shape index (κ2) is 6.30. The summed E-state index contributed by atoms with van der Waals surface area (Å²) in [6.45, 7) is -0.157. The van der Waals surface area contributed by atoms with Crippen molar-refractivity contribution in [2.75, 3.05) is 5.32 Å². The van der Waals surface area contributed by atoms with E-state index in [2.05, 4.69) is 30.6 Å². The second-order valence-electron chi connectivity index (χ2n) is 4.96. The number of nitrogens with one attached hydrogen (secondary N) is 1. The van der Waals surface area contributed by atoms with Gasteiger partial charge in [-0.05, 0) is 6.07 Å². The number of halogens is 3. The van der Waals surface area contributed by atoms with Crippen LogP contribution in [0.15, 0.2) is 30.9 Å². The van der Waals surface area contributed by atoms with Crippen LogP contribution in [0, 0.1) is 0 Å². The lowest BCUT2D eigenvalue weighted by atomic mass is 10.3. The average molecular weight is 352 g/mol. The molecule has 0 radical (unpaired) electrons. The van der Waals surface area contributed by atoms with Gasteiger partial charge in [-0.1, -0.05) is 0 Å². The van der Waals surface area contributed by atoms with Crippen molar-refractivity contribution in [3.05, 3.63) is 36.5 Å². The largest absolute Gasteiger partial charge is 0.433 e. The van der Waals surface area contributed by atoms with Crippen LogP contribution in [0.2, 0.25) is 0 Å². The predicted octanol–water partition coefficient (Wildman–Crippen LogP) is 1.13. The smallest absolute Gasteiger partial charge is 0.306 e. The first-order valence-corrected chi connectivity index (χ1v) is 6.90. The van der Waals surface area contributed by atoms with Crippen molar-refractivity contribution in [2.24, 2.45) is 7.05 Å². The topological polar surface area (TPSA) is 103 Å². The van der Waals surface area contributed by atoms with Gasteiger partial charge in [0.05, 0.1) is 18.0 Å². The predicted molar refractivity (Wildman–Crippen MR) is 77.9 cm³/mol. The number of nitrogens with zero attached hydrogens (tertiary/aromatic N) is 7. The van der Waals surface area contributed by atoms with Crippen molar-refractivity contribution < 1.29 is 18.0 Å². The number of hydrogen-bond acceptors (Lipinski definition) is 6. The molecule has 3 rings (SSSR count). The van der Waals surface area contributed by atoms with Crippen molar-refractivity contribution >= 4 is 11.7 Å². The van der Waals surface area contributed by atoms with Gasteiger partial charge in [0, 0.05) is 19.4 Å². The van der Waals surface area contributed by atoms with E-state index >= 15 is 0 Å². The van der Waals surface area contributed by atoms with E-state index in [4.69, 9.17) is 0 Å². The van der Waals surface area contributed by atoms with Crippen LogP contribution in [-0.4, -0.2) is 40.6 Å². The highest BCUT2D eigenvalue weighted by atomic mass is 19.4. The summed E-state index contributed by atoms with van der Waals surface area (Å²) >= 11 is 0. The molecule has 0 aliphatic heterocycles. The highest BCUT2D eigenvalue weighted by molar-refractivity contribution is 5.89. The van der Waals surface area contributed by atoms with Crippen molar-refractivity contribution in [1.29, 1.82) is 0 Å². The number of alkyl halides is 3. The van der Waals surface area contributed by atoms with E-state index in [0.717, 1.165) is 12.3 Å². The lowest BCUT2D eigenvalue weighted by Crippen LogP contribution is -2.19. The van der Waals surface area contributed by atoms with Crippen LogP contribution >= 0.6 is 0 Å². The van der Waals surface area contributed by atoms with Gasteiger partial charge in [-0.2, -0.15) is 28.2 Å². The zero-order valence-corrected chi connectivity index (χ0v) is 12.8. The standard InChI is InChI=1S/C13H11F3N8O/c1-23-18-5-10(22-23)21-11(25)7-24-6-8(4-19-24)12-17-3-2-9(20-12)13(14,15)16/h2-6H,7H2,1H3,(H,21,22,25). The molecule has 3 heterocycles. The fourth-order valence-electron chi connectivity index (χ4n) is 1.95. The van der Waals surface area contributed by atoms with Gasteiger partial charge >= 0.3 is 6.18 Å². The van der Waals surface area contributed by atoms with Gasteiger partial charge in [-0.25, -0.2) is 9.97 Å². The highest BCUT2D eigenvalue weighted by Gasteiger charge is 2.32. The number of anilines is 1. The van der Waals surface area contributed by atoms with Crippen LogP contribution in [0.1, 0.15) is 5.69 Å². The minimum Gasteiger partial charge on any atom is -0.306 e. The van der Waals surface area contributed by atoms with Crippen LogP contribution in [0.4, 0.5) is 19.0 Å². The summed E-state index contributed by atoms with van der Waals surface area (Å²) in [6.07, 6.45) is 0.493. The summed E-state index contributed by atoms with van der Waals surface area (Å²) in [5.74, 6) is -0.267. The number of hydrogen-bond donors (Lipinski definition) is 1.